The smallest absolute Gasteiger partial charge is 0.278 e. The number of hydrogen-bond acceptors (Lipinski definition) is 5. The van der Waals surface area contributed by atoms with E-state index >= 15 is 0 Å². The minimum absolute atomic E-state index is 0.0813. The molecule has 5 nitrogen and oxygen atoms in total. The molecule has 22 heavy (non-hydrogen) atoms. The third-order valence-corrected chi connectivity index (χ3v) is 4.60. The van der Waals surface area contributed by atoms with Crippen molar-refractivity contribution in [3.8, 4) is 0 Å². The van der Waals surface area contributed by atoms with E-state index in [2.05, 4.69) is 28.7 Å². The van der Waals surface area contributed by atoms with E-state index < -0.39 is 0 Å². The molecule has 0 amide bonds. The number of non-ortho nitro benzene ring substituents is 1. The molecule has 2 heterocycles. The molecule has 0 radical (unpaired) electrons. The monoisotopic (exact) mass is 313 g/mol. The van der Waals surface area contributed by atoms with Crippen LogP contribution in [0.15, 0.2) is 48.1 Å². The molecule has 6 heteroatoms. The van der Waals surface area contributed by atoms with Crippen LogP contribution in [-0.4, -0.2) is 9.91 Å². The first-order valence-corrected chi connectivity index (χ1v) is 7.89. The van der Waals surface area contributed by atoms with Crippen molar-refractivity contribution in [1.29, 1.82) is 0 Å². The summed E-state index contributed by atoms with van der Waals surface area (Å²) in [6.07, 6.45) is 4.14. The molecule has 2 aromatic heterocycles. The van der Waals surface area contributed by atoms with Gasteiger partial charge in [0.2, 0.25) is 0 Å². The van der Waals surface area contributed by atoms with Gasteiger partial charge in [0.25, 0.3) is 5.69 Å². The predicted molar refractivity (Wildman–Crippen MR) is 89.4 cm³/mol. The van der Waals surface area contributed by atoms with Gasteiger partial charge in [-0.05, 0) is 30.0 Å². The van der Waals surface area contributed by atoms with E-state index in [1.807, 2.05) is 12.1 Å². The topological polar surface area (TPSA) is 68.1 Å². The van der Waals surface area contributed by atoms with Crippen LogP contribution in [0.25, 0.3) is 10.8 Å². The van der Waals surface area contributed by atoms with Gasteiger partial charge in [-0.15, -0.1) is 11.3 Å². The molecular formula is C16H15N3O2S. The zero-order chi connectivity index (χ0) is 15.5. The third kappa shape index (κ3) is 2.65. The van der Waals surface area contributed by atoms with Crippen molar-refractivity contribution in [1.82, 2.24) is 4.98 Å². The van der Waals surface area contributed by atoms with Crippen LogP contribution in [0.5, 0.6) is 0 Å². The lowest BCUT2D eigenvalue weighted by molar-refractivity contribution is -0.383. The first-order valence-electron chi connectivity index (χ1n) is 7.01. The lowest BCUT2D eigenvalue weighted by atomic mass is 10.1. The molecule has 3 rings (SSSR count). The van der Waals surface area contributed by atoms with Crippen molar-refractivity contribution in [3.05, 3.63) is 63.1 Å². The highest BCUT2D eigenvalue weighted by molar-refractivity contribution is 7.10. The van der Waals surface area contributed by atoms with Crippen LogP contribution in [-0.2, 0) is 0 Å². The Morgan fingerprint density at radius 3 is 2.86 bits per heavy atom. The number of pyridine rings is 1. The van der Waals surface area contributed by atoms with Crippen LogP contribution >= 0.6 is 11.3 Å². The van der Waals surface area contributed by atoms with E-state index in [0.717, 1.165) is 17.5 Å². The molecule has 1 unspecified atom stereocenters. The van der Waals surface area contributed by atoms with Crippen LogP contribution in [0.2, 0.25) is 0 Å². The fraction of sp³-hybridized carbons (Fsp3) is 0.188. The van der Waals surface area contributed by atoms with Gasteiger partial charge in [0.1, 0.15) is 0 Å². The largest absolute Gasteiger partial charge is 0.377 e. The summed E-state index contributed by atoms with van der Waals surface area (Å²) in [6, 6.07) is 9.44. The number of hydrogen-bond donors (Lipinski definition) is 1. The van der Waals surface area contributed by atoms with Gasteiger partial charge >= 0.3 is 0 Å². The Balaban J connectivity index is 2.04. The zero-order valence-corrected chi connectivity index (χ0v) is 12.8. The molecule has 0 aliphatic rings. The van der Waals surface area contributed by atoms with Crippen molar-refractivity contribution < 1.29 is 4.92 Å². The van der Waals surface area contributed by atoms with Crippen LogP contribution in [0, 0.1) is 10.1 Å². The van der Waals surface area contributed by atoms with E-state index in [-0.39, 0.29) is 16.7 Å². The predicted octanol–water partition coefficient (Wildman–Crippen LogP) is 4.77. The molecule has 0 saturated heterocycles. The van der Waals surface area contributed by atoms with Crippen LogP contribution in [0.3, 0.4) is 0 Å². The first kappa shape index (κ1) is 14.5. The molecule has 3 aromatic rings. The number of nitrogens with one attached hydrogen (secondary N) is 1. The van der Waals surface area contributed by atoms with E-state index in [4.69, 9.17) is 0 Å². The zero-order valence-electron chi connectivity index (χ0n) is 12.0. The van der Waals surface area contributed by atoms with Gasteiger partial charge in [-0.25, -0.2) is 0 Å². The second kappa shape index (κ2) is 6.11. The number of nitrogens with zero attached hydrogens (tertiary/aromatic N) is 2. The average Bonchev–Trinajstić information content (AvgIpc) is 3.06. The molecule has 0 spiro atoms. The van der Waals surface area contributed by atoms with Gasteiger partial charge in [-0.3, -0.25) is 15.1 Å². The van der Waals surface area contributed by atoms with Crippen molar-refractivity contribution in [3.63, 3.8) is 0 Å². The number of aromatic nitrogens is 1. The number of fused-ring (bicyclic) bond motifs is 1. The number of nitro groups is 1. The minimum atomic E-state index is -0.371. The number of thiophene rings is 1. The maximum atomic E-state index is 11.2. The second-order valence-corrected chi connectivity index (χ2v) is 5.91. The third-order valence-electron chi connectivity index (χ3n) is 3.62. The van der Waals surface area contributed by atoms with Crippen molar-refractivity contribution in [2.75, 3.05) is 5.32 Å². The average molecular weight is 313 g/mol. The fourth-order valence-corrected chi connectivity index (χ4v) is 3.37. The molecule has 1 N–H and O–H groups in total. The summed E-state index contributed by atoms with van der Waals surface area (Å²) < 4.78 is 0. The number of rotatable bonds is 5. The van der Waals surface area contributed by atoms with E-state index in [0.29, 0.717) is 5.39 Å². The lowest BCUT2D eigenvalue weighted by Gasteiger charge is -2.18. The summed E-state index contributed by atoms with van der Waals surface area (Å²) in [5.74, 6) is 0. The normalized spacial score (nSPS) is 12.2. The van der Waals surface area contributed by atoms with Gasteiger partial charge in [-0.1, -0.05) is 13.0 Å². The summed E-state index contributed by atoms with van der Waals surface area (Å²) in [5.41, 5.74) is 0.973. The Morgan fingerprint density at radius 2 is 2.18 bits per heavy atom. The SMILES string of the molecule is CCC(Nc1ccc([N+](=O)[O-])c2cnccc12)c1cccs1. The second-order valence-electron chi connectivity index (χ2n) is 4.93. The number of anilines is 1. The Morgan fingerprint density at radius 1 is 1.32 bits per heavy atom. The Hall–Kier alpha value is -2.47. The molecule has 0 aliphatic carbocycles. The van der Waals surface area contributed by atoms with Crippen molar-refractivity contribution in [2.24, 2.45) is 0 Å². The van der Waals surface area contributed by atoms with Crippen LogP contribution in [0.1, 0.15) is 24.3 Å². The highest BCUT2D eigenvalue weighted by Crippen LogP contribution is 2.34. The quantitative estimate of drug-likeness (QED) is 0.544. The molecule has 0 saturated carbocycles. The van der Waals surface area contributed by atoms with Gasteiger partial charge < -0.3 is 5.32 Å². The van der Waals surface area contributed by atoms with Crippen LogP contribution < -0.4 is 5.32 Å². The molecule has 0 fully saturated rings. The molecule has 1 aromatic carbocycles. The molecule has 0 aliphatic heterocycles. The maximum Gasteiger partial charge on any atom is 0.278 e. The van der Waals surface area contributed by atoms with E-state index in [1.165, 1.54) is 10.9 Å². The Kier molecular flexibility index (Phi) is 4.02. The van der Waals surface area contributed by atoms with Crippen molar-refractivity contribution >= 4 is 33.5 Å². The Labute approximate surface area is 131 Å². The minimum Gasteiger partial charge on any atom is -0.377 e. The molecular weight excluding hydrogens is 298 g/mol. The molecule has 1 atom stereocenters. The maximum absolute atomic E-state index is 11.2. The van der Waals surface area contributed by atoms with Crippen LogP contribution in [0.4, 0.5) is 11.4 Å². The van der Waals surface area contributed by atoms with Gasteiger partial charge in [0.15, 0.2) is 0 Å². The highest BCUT2D eigenvalue weighted by Gasteiger charge is 2.17. The Bertz CT molecular complexity index is 802. The molecule has 112 valence electrons. The molecule has 0 bridgehead atoms. The number of nitro benzene ring substituents is 1. The summed E-state index contributed by atoms with van der Waals surface area (Å²) >= 11 is 1.71. The van der Waals surface area contributed by atoms with E-state index in [1.54, 1.807) is 29.8 Å². The van der Waals surface area contributed by atoms with Gasteiger partial charge in [-0.2, -0.15) is 0 Å². The van der Waals surface area contributed by atoms with E-state index in [9.17, 15) is 10.1 Å². The summed E-state index contributed by atoms with van der Waals surface area (Å²) in [7, 11) is 0. The first-order chi connectivity index (χ1) is 10.7. The van der Waals surface area contributed by atoms with Crippen molar-refractivity contribution in [2.45, 2.75) is 19.4 Å². The number of benzene rings is 1. The summed E-state index contributed by atoms with van der Waals surface area (Å²) in [5, 5.41) is 18.1. The van der Waals surface area contributed by atoms with Gasteiger partial charge in [0, 0.05) is 34.4 Å². The fourth-order valence-electron chi connectivity index (χ4n) is 2.51. The standard InChI is InChI=1S/C16H15N3O2S/c1-2-13(16-4-3-9-22-16)18-14-5-6-15(19(20)21)12-10-17-8-7-11(12)14/h3-10,13,18H,2H2,1H3. The summed E-state index contributed by atoms with van der Waals surface area (Å²) in [4.78, 5) is 16.0. The van der Waals surface area contributed by atoms with Gasteiger partial charge in [0.05, 0.1) is 16.4 Å². The highest BCUT2D eigenvalue weighted by atomic mass is 32.1. The lowest BCUT2D eigenvalue weighted by Crippen LogP contribution is -2.08. The summed E-state index contributed by atoms with van der Waals surface area (Å²) in [6.45, 7) is 2.12.